The van der Waals surface area contributed by atoms with Crippen LogP contribution in [0.4, 0.5) is 0 Å². The smallest absolute Gasteiger partial charge is 0.194 e. The molecule has 0 spiro atoms. The summed E-state index contributed by atoms with van der Waals surface area (Å²) in [5, 5.41) is 3.64. The van der Waals surface area contributed by atoms with Gasteiger partial charge in [0.25, 0.3) is 0 Å². The summed E-state index contributed by atoms with van der Waals surface area (Å²) in [7, 11) is 0. The van der Waals surface area contributed by atoms with Gasteiger partial charge < -0.3 is 19.4 Å². The number of guanidine groups is 1. The van der Waals surface area contributed by atoms with E-state index in [0.717, 1.165) is 75.3 Å². The van der Waals surface area contributed by atoms with Gasteiger partial charge in [-0.1, -0.05) is 0 Å². The summed E-state index contributed by atoms with van der Waals surface area (Å²) in [5.74, 6) is 2.90. The Hall–Kier alpha value is -1.53. The van der Waals surface area contributed by atoms with E-state index in [1.54, 1.807) is 6.26 Å². The number of fused-ring (bicyclic) bond motifs is 1. The Morgan fingerprint density at radius 2 is 2.10 bits per heavy atom. The third-order valence-electron chi connectivity index (χ3n) is 7.13. The fraction of sp³-hybridized carbons (Fsp3) is 0.783. The van der Waals surface area contributed by atoms with Crippen LogP contribution in [0.15, 0.2) is 27.8 Å². The van der Waals surface area contributed by atoms with Crippen LogP contribution in [0.25, 0.3) is 0 Å². The average molecular weight is 401 g/mol. The van der Waals surface area contributed by atoms with Gasteiger partial charge in [-0.05, 0) is 69.5 Å². The maximum atomic E-state index is 5.81. The number of hydrogen-bond donors (Lipinski definition) is 1. The van der Waals surface area contributed by atoms with Crippen molar-refractivity contribution in [1.82, 2.24) is 15.1 Å². The highest BCUT2D eigenvalue weighted by atomic mass is 16.5. The average Bonchev–Trinajstić information content (AvgIpc) is 3.22. The van der Waals surface area contributed by atoms with Crippen LogP contribution in [-0.2, 0) is 11.2 Å². The Bertz CT molecular complexity index is 666. The second kappa shape index (κ2) is 9.09. The first-order valence-electron chi connectivity index (χ1n) is 11.8. The molecule has 0 amide bonds. The summed E-state index contributed by atoms with van der Waals surface area (Å²) in [5.41, 5.74) is 0. The molecule has 29 heavy (non-hydrogen) atoms. The maximum absolute atomic E-state index is 5.81. The quantitative estimate of drug-likeness (QED) is 0.588. The Morgan fingerprint density at radius 3 is 2.90 bits per heavy atom. The van der Waals surface area contributed by atoms with Crippen LogP contribution in [0, 0.1) is 5.92 Å². The van der Waals surface area contributed by atoms with Crippen molar-refractivity contribution in [3.63, 3.8) is 0 Å². The molecule has 0 radical (unpaired) electrons. The maximum Gasteiger partial charge on any atom is 0.194 e. The molecule has 1 N–H and O–H groups in total. The molecule has 160 valence electrons. The van der Waals surface area contributed by atoms with Crippen molar-refractivity contribution in [2.75, 3.05) is 39.3 Å². The minimum atomic E-state index is 0.300. The summed E-state index contributed by atoms with van der Waals surface area (Å²) in [6.45, 7) is 6.12. The topological polar surface area (TPSA) is 53.2 Å². The van der Waals surface area contributed by atoms with Crippen LogP contribution in [0.3, 0.4) is 0 Å². The third-order valence-corrected chi connectivity index (χ3v) is 7.13. The standard InChI is InChI=1S/C23H36N4O2/c1-4-18-17-26(13-10-22(18)27(12-1)19-7-8-19)23(25-16-21-6-3-15-29-21)24-11-9-20-5-2-14-28-20/h2,5,14,18-19,21-22H,1,3-4,6-13,15-17H2,(H,24,25). The summed E-state index contributed by atoms with van der Waals surface area (Å²) in [4.78, 5) is 10.4. The lowest BCUT2D eigenvalue weighted by Gasteiger charge is -2.48. The van der Waals surface area contributed by atoms with Crippen LogP contribution < -0.4 is 5.32 Å². The molecule has 1 aromatic rings. The van der Waals surface area contributed by atoms with Gasteiger partial charge in [0.15, 0.2) is 5.96 Å². The van der Waals surface area contributed by atoms with Gasteiger partial charge in [0.05, 0.1) is 18.9 Å². The molecular formula is C23H36N4O2. The van der Waals surface area contributed by atoms with Crippen molar-refractivity contribution >= 4 is 5.96 Å². The number of likely N-dealkylation sites (tertiary alicyclic amines) is 2. The van der Waals surface area contributed by atoms with Crippen LogP contribution in [0.5, 0.6) is 0 Å². The Balaban J connectivity index is 1.22. The molecule has 1 saturated carbocycles. The molecule has 3 unspecified atom stereocenters. The highest BCUT2D eigenvalue weighted by Gasteiger charge is 2.42. The van der Waals surface area contributed by atoms with Crippen LogP contribution >= 0.6 is 0 Å². The zero-order valence-corrected chi connectivity index (χ0v) is 17.6. The third kappa shape index (κ3) is 4.80. The minimum Gasteiger partial charge on any atom is -0.469 e. The molecule has 1 aliphatic carbocycles. The Kier molecular flexibility index (Phi) is 6.09. The molecule has 5 rings (SSSR count). The van der Waals surface area contributed by atoms with Crippen LogP contribution in [-0.4, -0.2) is 73.3 Å². The fourth-order valence-corrected chi connectivity index (χ4v) is 5.49. The van der Waals surface area contributed by atoms with Crippen molar-refractivity contribution in [2.45, 2.75) is 69.6 Å². The zero-order chi connectivity index (χ0) is 19.5. The van der Waals surface area contributed by atoms with E-state index in [4.69, 9.17) is 14.1 Å². The Labute approximate surface area is 174 Å². The SMILES string of the molecule is c1coc(CCNC(=NCC2CCCO2)N2CCC3C(CCCN3C3CC3)C2)c1. The molecule has 3 atom stereocenters. The summed E-state index contributed by atoms with van der Waals surface area (Å²) < 4.78 is 11.3. The van der Waals surface area contributed by atoms with Gasteiger partial charge in [-0.2, -0.15) is 0 Å². The molecular weight excluding hydrogens is 364 g/mol. The first-order valence-corrected chi connectivity index (χ1v) is 11.8. The number of hydrogen-bond acceptors (Lipinski definition) is 4. The molecule has 4 fully saturated rings. The zero-order valence-electron chi connectivity index (χ0n) is 17.6. The second-order valence-electron chi connectivity index (χ2n) is 9.23. The lowest BCUT2D eigenvalue weighted by molar-refractivity contribution is 0.0368. The van der Waals surface area contributed by atoms with Gasteiger partial charge in [-0.25, -0.2) is 0 Å². The second-order valence-corrected chi connectivity index (χ2v) is 9.23. The number of piperidine rings is 2. The van der Waals surface area contributed by atoms with Gasteiger partial charge in [-0.15, -0.1) is 0 Å². The van der Waals surface area contributed by atoms with Gasteiger partial charge in [0, 0.05) is 44.7 Å². The van der Waals surface area contributed by atoms with Crippen LogP contribution in [0.2, 0.25) is 0 Å². The van der Waals surface area contributed by atoms with E-state index in [2.05, 4.69) is 15.1 Å². The molecule has 4 heterocycles. The van der Waals surface area contributed by atoms with Gasteiger partial charge >= 0.3 is 0 Å². The number of aliphatic imine (C=N–C) groups is 1. The van der Waals surface area contributed by atoms with Crippen molar-refractivity contribution < 1.29 is 9.15 Å². The molecule has 3 aliphatic heterocycles. The summed E-state index contributed by atoms with van der Waals surface area (Å²) in [6, 6.07) is 5.70. The number of nitrogens with zero attached hydrogens (tertiary/aromatic N) is 3. The molecule has 4 aliphatic rings. The van der Waals surface area contributed by atoms with Gasteiger partial charge in [-0.3, -0.25) is 9.89 Å². The van der Waals surface area contributed by atoms with Crippen molar-refractivity contribution in [3.8, 4) is 0 Å². The van der Waals surface area contributed by atoms with E-state index in [9.17, 15) is 0 Å². The minimum absolute atomic E-state index is 0.300. The van der Waals surface area contributed by atoms with Crippen molar-refractivity contribution in [2.24, 2.45) is 10.9 Å². The van der Waals surface area contributed by atoms with Gasteiger partial charge in [0.2, 0.25) is 0 Å². The van der Waals surface area contributed by atoms with E-state index in [-0.39, 0.29) is 0 Å². The molecule has 0 bridgehead atoms. The molecule has 1 aromatic heterocycles. The first kappa shape index (κ1) is 19.4. The summed E-state index contributed by atoms with van der Waals surface area (Å²) in [6.07, 6.45) is 12.1. The van der Waals surface area contributed by atoms with Crippen LogP contribution in [0.1, 0.15) is 50.7 Å². The van der Waals surface area contributed by atoms with E-state index in [1.807, 2.05) is 12.1 Å². The summed E-state index contributed by atoms with van der Waals surface area (Å²) >= 11 is 0. The highest BCUT2D eigenvalue weighted by molar-refractivity contribution is 5.80. The van der Waals surface area contributed by atoms with E-state index in [0.29, 0.717) is 6.10 Å². The van der Waals surface area contributed by atoms with E-state index >= 15 is 0 Å². The largest absolute Gasteiger partial charge is 0.469 e. The lowest BCUT2D eigenvalue weighted by Crippen LogP contribution is -2.57. The number of nitrogens with one attached hydrogen (secondary N) is 1. The number of furan rings is 1. The van der Waals surface area contributed by atoms with Crippen molar-refractivity contribution in [1.29, 1.82) is 0 Å². The van der Waals surface area contributed by atoms with Gasteiger partial charge in [0.1, 0.15) is 5.76 Å². The predicted molar refractivity (Wildman–Crippen MR) is 114 cm³/mol. The first-order chi connectivity index (χ1) is 14.4. The normalized spacial score (nSPS) is 31.1. The molecule has 3 saturated heterocycles. The fourth-order valence-electron chi connectivity index (χ4n) is 5.49. The molecule has 6 nitrogen and oxygen atoms in total. The highest BCUT2D eigenvalue weighted by Crippen LogP contribution is 2.38. The van der Waals surface area contributed by atoms with E-state index in [1.165, 1.54) is 45.1 Å². The lowest BCUT2D eigenvalue weighted by atomic mass is 9.83. The van der Waals surface area contributed by atoms with Crippen molar-refractivity contribution in [3.05, 3.63) is 24.2 Å². The predicted octanol–water partition coefficient (Wildman–Crippen LogP) is 2.90. The molecule has 6 heteroatoms. The number of ether oxygens (including phenoxy) is 1. The monoisotopic (exact) mass is 400 g/mol. The molecule has 0 aromatic carbocycles. The Morgan fingerprint density at radius 1 is 1.14 bits per heavy atom. The number of rotatable bonds is 6. The van der Waals surface area contributed by atoms with E-state index < -0.39 is 0 Å².